The number of aromatic nitrogens is 2. The van der Waals surface area contributed by atoms with E-state index in [-0.39, 0.29) is 5.82 Å². The molecule has 0 spiro atoms. The van der Waals surface area contributed by atoms with E-state index in [1.54, 1.807) is 25.8 Å². The van der Waals surface area contributed by atoms with Crippen LogP contribution in [0.5, 0.6) is 0 Å². The number of nitrogens with zero attached hydrogens (tertiary/aromatic N) is 4. The average Bonchev–Trinajstić information content (AvgIpc) is 2.49. The third-order valence-electron chi connectivity index (χ3n) is 2.94. The summed E-state index contributed by atoms with van der Waals surface area (Å²) in [5, 5.41) is 10.6. The van der Waals surface area contributed by atoms with E-state index < -0.39 is 11.7 Å². The maximum absolute atomic E-state index is 12.1. The van der Waals surface area contributed by atoms with Crippen molar-refractivity contribution in [1.29, 1.82) is 5.26 Å². The van der Waals surface area contributed by atoms with Gasteiger partial charge in [-0.2, -0.15) is 10.2 Å². The molecule has 0 aliphatic rings. The van der Waals surface area contributed by atoms with E-state index in [2.05, 4.69) is 38.2 Å². The first-order valence-corrected chi connectivity index (χ1v) is 8.76. The number of carbonyl (C=O) groups is 1. The molecule has 0 saturated heterocycles. The molecule has 0 fully saturated rings. The van der Waals surface area contributed by atoms with Gasteiger partial charge in [-0.3, -0.25) is 5.01 Å². The molecule has 8 heteroatoms. The highest BCUT2D eigenvalue weighted by molar-refractivity contribution is 9.10. The van der Waals surface area contributed by atoms with E-state index in [9.17, 15) is 4.79 Å². The molecule has 0 aromatic carbocycles. The minimum atomic E-state index is -0.599. The number of amides is 1. The van der Waals surface area contributed by atoms with E-state index in [0.717, 1.165) is 25.7 Å². The Morgan fingerprint density at radius 3 is 2.71 bits per heavy atom. The summed E-state index contributed by atoms with van der Waals surface area (Å²) in [5.74, 6) is 0.474. The fourth-order valence-electron chi connectivity index (χ4n) is 1.92. The average molecular weight is 398 g/mol. The van der Waals surface area contributed by atoms with E-state index >= 15 is 0 Å². The predicted molar refractivity (Wildman–Crippen MR) is 95.3 cm³/mol. The zero-order valence-corrected chi connectivity index (χ0v) is 16.2. The third-order valence-corrected chi connectivity index (χ3v) is 3.50. The van der Waals surface area contributed by atoms with Crippen LogP contribution in [0.3, 0.4) is 0 Å². The number of hydrogen-bond donors (Lipinski definition) is 1. The molecule has 0 aliphatic heterocycles. The molecule has 1 amide bonds. The van der Waals surface area contributed by atoms with Crippen LogP contribution < -0.4 is 10.4 Å². The quantitative estimate of drug-likeness (QED) is 0.553. The van der Waals surface area contributed by atoms with Crippen molar-refractivity contribution in [2.24, 2.45) is 0 Å². The summed E-state index contributed by atoms with van der Waals surface area (Å²) in [7, 11) is 0. The molecular weight excluding hydrogens is 374 g/mol. The van der Waals surface area contributed by atoms with Gasteiger partial charge >= 0.3 is 6.09 Å². The van der Waals surface area contributed by atoms with Gasteiger partial charge in [0, 0.05) is 12.7 Å². The van der Waals surface area contributed by atoms with E-state index in [1.807, 2.05) is 6.07 Å². The number of nitrogens with one attached hydrogen (secondary N) is 1. The number of ether oxygens (including phenoxy) is 1. The van der Waals surface area contributed by atoms with Gasteiger partial charge in [-0.1, -0.05) is 26.2 Å². The second kappa shape index (κ2) is 9.42. The Hall–Kier alpha value is -1.88. The molecule has 0 unspecified atom stereocenters. The highest BCUT2D eigenvalue weighted by atomic mass is 79.9. The fraction of sp³-hybridized carbons (Fsp3) is 0.625. The van der Waals surface area contributed by atoms with Gasteiger partial charge in [0.1, 0.15) is 11.7 Å². The molecule has 132 valence electrons. The molecule has 1 rings (SSSR count). The zero-order chi connectivity index (χ0) is 18.2. The lowest BCUT2D eigenvalue weighted by Crippen LogP contribution is -2.46. The third kappa shape index (κ3) is 7.13. The lowest BCUT2D eigenvalue weighted by atomic mass is 10.2. The minimum Gasteiger partial charge on any atom is -0.443 e. The minimum absolute atomic E-state index is 0.0396. The Kier molecular flexibility index (Phi) is 7.92. The lowest BCUT2D eigenvalue weighted by Gasteiger charge is -2.27. The number of anilines is 1. The van der Waals surface area contributed by atoms with Gasteiger partial charge in [0.2, 0.25) is 5.82 Å². The van der Waals surface area contributed by atoms with Crippen LogP contribution in [0.1, 0.15) is 59.2 Å². The summed E-state index contributed by atoms with van der Waals surface area (Å²) >= 11 is 3.37. The normalized spacial score (nSPS) is 10.8. The maximum atomic E-state index is 12.1. The van der Waals surface area contributed by atoms with Crippen LogP contribution in [0.25, 0.3) is 0 Å². The molecule has 0 atom stereocenters. The van der Waals surface area contributed by atoms with Crippen LogP contribution in [0, 0.1) is 11.3 Å². The zero-order valence-electron chi connectivity index (χ0n) is 14.6. The van der Waals surface area contributed by atoms with E-state index in [0.29, 0.717) is 16.8 Å². The number of halogens is 1. The number of carbonyl (C=O) groups excluding carboxylic acids is 1. The van der Waals surface area contributed by atoms with Crippen molar-refractivity contribution in [3.8, 4) is 6.07 Å². The maximum Gasteiger partial charge on any atom is 0.426 e. The fourth-order valence-corrected chi connectivity index (χ4v) is 2.33. The van der Waals surface area contributed by atoms with Crippen molar-refractivity contribution in [3.05, 3.63) is 16.5 Å². The Bertz CT molecular complexity index is 595. The van der Waals surface area contributed by atoms with Gasteiger partial charge in [0.25, 0.3) is 0 Å². The standard InChI is InChI=1S/C16H24BrN5O2/c1-5-6-7-8-9-22(21-15(23)24-16(2,3)4)14-12(17)11-19-13(10-18)20-14/h11H,5-9H2,1-4H3,(H,21,23). The number of rotatable bonds is 7. The highest BCUT2D eigenvalue weighted by Gasteiger charge is 2.21. The molecule has 0 radical (unpaired) electrons. The summed E-state index contributed by atoms with van der Waals surface area (Å²) in [5.41, 5.74) is 2.10. The Morgan fingerprint density at radius 2 is 2.12 bits per heavy atom. The molecule has 0 saturated carbocycles. The molecule has 7 nitrogen and oxygen atoms in total. The van der Waals surface area contributed by atoms with Gasteiger partial charge in [-0.15, -0.1) is 0 Å². The van der Waals surface area contributed by atoms with Gasteiger partial charge in [0.15, 0.2) is 5.82 Å². The first kappa shape index (κ1) is 20.2. The molecule has 1 N–H and O–H groups in total. The van der Waals surface area contributed by atoms with Crippen molar-refractivity contribution in [1.82, 2.24) is 15.4 Å². The molecule has 0 bridgehead atoms. The summed E-state index contributed by atoms with van der Waals surface area (Å²) in [6.07, 6.45) is 5.08. The van der Waals surface area contributed by atoms with Crippen molar-refractivity contribution in [3.63, 3.8) is 0 Å². The number of unbranched alkanes of at least 4 members (excludes halogenated alkanes) is 3. The summed E-state index contributed by atoms with van der Waals surface area (Å²) in [6, 6.07) is 1.90. The van der Waals surface area contributed by atoms with Crippen LogP contribution >= 0.6 is 15.9 Å². The number of hydrazine groups is 1. The van der Waals surface area contributed by atoms with Crippen molar-refractivity contribution in [2.75, 3.05) is 11.6 Å². The molecule has 1 heterocycles. The van der Waals surface area contributed by atoms with Crippen LogP contribution in [0.4, 0.5) is 10.6 Å². The molecular formula is C16H24BrN5O2. The molecule has 0 aliphatic carbocycles. The van der Waals surface area contributed by atoms with Crippen molar-refractivity contribution >= 4 is 27.8 Å². The van der Waals surface area contributed by atoms with Crippen LogP contribution in [0.2, 0.25) is 0 Å². The second-order valence-corrected chi connectivity index (χ2v) is 7.16. The van der Waals surface area contributed by atoms with Gasteiger partial charge < -0.3 is 4.74 Å². The second-order valence-electron chi connectivity index (χ2n) is 6.30. The van der Waals surface area contributed by atoms with Crippen LogP contribution in [-0.2, 0) is 4.74 Å². The number of hydrogen-bond acceptors (Lipinski definition) is 6. The van der Waals surface area contributed by atoms with Gasteiger partial charge in [0.05, 0.1) is 4.47 Å². The van der Waals surface area contributed by atoms with E-state index in [1.165, 1.54) is 6.20 Å². The SMILES string of the molecule is CCCCCCN(NC(=O)OC(C)(C)C)c1nc(C#N)ncc1Br. The van der Waals surface area contributed by atoms with Gasteiger partial charge in [-0.25, -0.2) is 15.2 Å². The first-order valence-electron chi connectivity index (χ1n) is 7.96. The Morgan fingerprint density at radius 1 is 1.42 bits per heavy atom. The van der Waals surface area contributed by atoms with Gasteiger partial charge in [-0.05, 0) is 43.1 Å². The summed E-state index contributed by atoms with van der Waals surface area (Å²) < 4.78 is 5.89. The van der Waals surface area contributed by atoms with Crippen molar-refractivity contribution in [2.45, 2.75) is 59.0 Å². The van der Waals surface area contributed by atoms with Crippen LogP contribution in [0.15, 0.2) is 10.7 Å². The smallest absolute Gasteiger partial charge is 0.426 e. The number of nitriles is 1. The monoisotopic (exact) mass is 397 g/mol. The first-order chi connectivity index (χ1) is 11.3. The lowest BCUT2D eigenvalue weighted by molar-refractivity contribution is 0.0520. The summed E-state index contributed by atoms with van der Waals surface area (Å²) in [4.78, 5) is 20.2. The Labute approximate surface area is 151 Å². The molecule has 24 heavy (non-hydrogen) atoms. The molecule has 1 aromatic rings. The summed E-state index contributed by atoms with van der Waals surface area (Å²) in [6.45, 7) is 8.09. The van der Waals surface area contributed by atoms with Crippen molar-refractivity contribution < 1.29 is 9.53 Å². The predicted octanol–water partition coefficient (Wildman–Crippen LogP) is 3.94. The topological polar surface area (TPSA) is 91.1 Å². The largest absolute Gasteiger partial charge is 0.443 e. The van der Waals surface area contributed by atoms with E-state index in [4.69, 9.17) is 10.00 Å². The van der Waals surface area contributed by atoms with Crippen LogP contribution in [-0.4, -0.2) is 28.2 Å². The molecule has 1 aromatic heterocycles. The highest BCUT2D eigenvalue weighted by Crippen LogP contribution is 2.22. The Balaban J connectivity index is 2.92.